The lowest BCUT2D eigenvalue weighted by molar-refractivity contribution is -0.129. The number of morpholine rings is 1. The number of Topliss-reactive ketones (excluding diaryl/α,β-unsaturated/α-hetero) is 1. The molecule has 1 aliphatic heterocycles. The summed E-state index contributed by atoms with van der Waals surface area (Å²) in [6, 6.07) is 7.52. The smallest absolute Gasteiger partial charge is 0.340 e. The Labute approximate surface area is 198 Å². The lowest BCUT2D eigenvalue weighted by atomic mass is 9.91. The Hall–Kier alpha value is -3.02. The predicted molar refractivity (Wildman–Crippen MR) is 124 cm³/mol. The molecule has 1 aromatic heterocycles. The minimum absolute atomic E-state index is 0.00422. The van der Waals surface area contributed by atoms with Crippen molar-refractivity contribution in [3.63, 3.8) is 0 Å². The van der Waals surface area contributed by atoms with Gasteiger partial charge in [0, 0.05) is 31.7 Å². The number of para-hydroxylation sites is 1. The van der Waals surface area contributed by atoms with E-state index in [1.54, 1.807) is 40.0 Å². The molecule has 0 atom stereocenters. The zero-order chi connectivity index (χ0) is 25.1. The second-order valence-corrected chi connectivity index (χ2v) is 10.9. The first kappa shape index (κ1) is 25.6. The van der Waals surface area contributed by atoms with E-state index in [-0.39, 0.29) is 47.3 Å². The van der Waals surface area contributed by atoms with Gasteiger partial charge in [-0.25, -0.2) is 13.2 Å². The number of ketones is 1. The van der Waals surface area contributed by atoms with Crippen LogP contribution < -0.4 is 5.32 Å². The van der Waals surface area contributed by atoms with Gasteiger partial charge in [-0.3, -0.25) is 9.59 Å². The first-order valence-corrected chi connectivity index (χ1v) is 12.2. The molecule has 34 heavy (non-hydrogen) atoms. The number of aryl methyl sites for hydroxylation is 1. The minimum Gasteiger partial charge on any atom is -0.454 e. The van der Waals surface area contributed by atoms with Crippen LogP contribution in [0.3, 0.4) is 0 Å². The van der Waals surface area contributed by atoms with E-state index < -0.39 is 27.3 Å². The van der Waals surface area contributed by atoms with E-state index in [2.05, 4.69) is 5.32 Å². The predicted octanol–water partition coefficient (Wildman–Crippen LogP) is 2.07. The summed E-state index contributed by atoms with van der Waals surface area (Å²) in [5, 5.41) is 2.64. The number of hydrogen-bond donors (Lipinski definition) is 1. The molecule has 0 saturated carbocycles. The monoisotopic (exact) mass is 491 g/mol. The van der Waals surface area contributed by atoms with Gasteiger partial charge >= 0.3 is 5.97 Å². The molecule has 11 heteroatoms. The van der Waals surface area contributed by atoms with Crippen molar-refractivity contribution in [2.45, 2.75) is 25.7 Å². The number of esters is 1. The van der Waals surface area contributed by atoms with Crippen LogP contribution in [0, 0.1) is 5.41 Å². The van der Waals surface area contributed by atoms with Gasteiger partial charge in [-0.2, -0.15) is 4.31 Å². The number of anilines is 1. The molecular formula is C23H29N3O7S. The maximum atomic E-state index is 13.0. The number of ether oxygens (including phenoxy) is 2. The molecule has 1 amide bonds. The number of nitrogens with one attached hydrogen (secondary N) is 1. The van der Waals surface area contributed by atoms with Gasteiger partial charge in [0.15, 0.2) is 12.4 Å². The standard InChI is InChI=1S/C23H29N3O7S/c1-23(2,3)20(27)15-33-22(29)17-7-5-6-8-18(17)24-21(28)19-13-16(14-25(19)4)34(30,31)26-9-11-32-12-10-26/h5-8,13-14H,9-12,15H2,1-4H3,(H,24,28). The fourth-order valence-electron chi connectivity index (χ4n) is 3.22. The summed E-state index contributed by atoms with van der Waals surface area (Å²) < 4.78 is 38.9. The maximum Gasteiger partial charge on any atom is 0.340 e. The summed E-state index contributed by atoms with van der Waals surface area (Å²) in [6.45, 7) is 5.91. The van der Waals surface area contributed by atoms with Gasteiger partial charge in [0.2, 0.25) is 10.0 Å². The zero-order valence-corrected chi connectivity index (χ0v) is 20.5. The minimum atomic E-state index is -3.77. The number of rotatable bonds is 7. The quantitative estimate of drug-likeness (QED) is 0.588. The van der Waals surface area contributed by atoms with Crippen molar-refractivity contribution >= 4 is 33.4 Å². The largest absolute Gasteiger partial charge is 0.454 e. The van der Waals surface area contributed by atoms with Crippen LogP contribution in [-0.4, -0.2) is 67.9 Å². The second kappa shape index (κ2) is 10.1. The van der Waals surface area contributed by atoms with Gasteiger partial charge in [0.1, 0.15) is 10.6 Å². The van der Waals surface area contributed by atoms with Crippen LogP contribution in [0.1, 0.15) is 41.6 Å². The summed E-state index contributed by atoms with van der Waals surface area (Å²) >= 11 is 0. The van der Waals surface area contributed by atoms with E-state index in [1.165, 1.54) is 33.3 Å². The third-order valence-corrected chi connectivity index (χ3v) is 7.25. The number of carbonyl (C=O) groups excluding carboxylic acids is 3. The Morgan fingerprint density at radius 3 is 2.41 bits per heavy atom. The topological polar surface area (TPSA) is 124 Å². The number of nitrogens with zero attached hydrogens (tertiary/aromatic N) is 2. The van der Waals surface area contributed by atoms with Crippen LogP contribution in [0.4, 0.5) is 5.69 Å². The molecule has 0 bridgehead atoms. The number of carbonyl (C=O) groups is 3. The average molecular weight is 492 g/mol. The molecule has 1 saturated heterocycles. The summed E-state index contributed by atoms with van der Waals surface area (Å²) in [5.41, 5.74) is -0.301. The molecule has 184 valence electrons. The number of benzene rings is 1. The first-order valence-electron chi connectivity index (χ1n) is 10.8. The highest BCUT2D eigenvalue weighted by Gasteiger charge is 2.29. The number of hydrogen-bond acceptors (Lipinski definition) is 7. The molecular weight excluding hydrogens is 462 g/mol. The fourth-order valence-corrected chi connectivity index (χ4v) is 4.70. The molecule has 0 radical (unpaired) electrons. The molecule has 10 nitrogen and oxygen atoms in total. The summed E-state index contributed by atoms with van der Waals surface area (Å²) in [4.78, 5) is 37.6. The van der Waals surface area contributed by atoms with E-state index in [9.17, 15) is 22.8 Å². The molecule has 0 aliphatic carbocycles. The van der Waals surface area contributed by atoms with Gasteiger partial charge < -0.3 is 19.4 Å². The van der Waals surface area contributed by atoms with E-state index >= 15 is 0 Å². The lowest BCUT2D eigenvalue weighted by Crippen LogP contribution is -2.40. The van der Waals surface area contributed by atoms with Crippen LogP contribution in [0.25, 0.3) is 0 Å². The third-order valence-electron chi connectivity index (χ3n) is 5.39. The fraction of sp³-hybridized carbons (Fsp3) is 0.435. The second-order valence-electron chi connectivity index (χ2n) is 8.94. The van der Waals surface area contributed by atoms with Crippen LogP contribution in [0.15, 0.2) is 41.4 Å². The van der Waals surface area contributed by atoms with Crippen LogP contribution >= 0.6 is 0 Å². The molecule has 1 aromatic carbocycles. The first-order chi connectivity index (χ1) is 15.9. The number of aromatic nitrogens is 1. The lowest BCUT2D eigenvalue weighted by Gasteiger charge is -2.25. The van der Waals surface area contributed by atoms with Crippen molar-refractivity contribution in [2.75, 3.05) is 38.2 Å². The molecule has 1 fully saturated rings. The van der Waals surface area contributed by atoms with Crippen molar-refractivity contribution in [1.29, 1.82) is 0 Å². The average Bonchev–Trinajstić information content (AvgIpc) is 3.20. The number of amides is 1. The SMILES string of the molecule is Cn1cc(S(=O)(=O)N2CCOCC2)cc1C(=O)Nc1ccccc1C(=O)OCC(=O)C(C)(C)C. The van der Waals surface area contributed by atoms with Crippen molar-refractivity contribution in [3.05, 3.63) is 47.8 Å². The van der Waals surface area contributed by atoms with Gasteiger partial charge in [-0.05, 0) is 18.2 Å². The normalized spacial score (nSPS) is 15.1. The highest BCUT2D eigenvalue weighted by molar-refractivity contribution is 7.89. The molecule has 1 aliphatic rings. The van der Waals surface area contributed by atoms with E-state index in [0.29, 0.717) is 13.2 Å². The maximum absolute atomic E-state index is 13.0. The molecule has 0 unspecified atom stereocenters. The van der Waals surface area contributed by atoms with Crippen molar-refractivity contribution in [1.82, 2.24) is 8.87 Å². The van der Waals surface area contributed by atoms with Crippen molar-refractivity contribution < 1.29 is 32.3 Å². The van der Waals surface area contributed by atoms with Crippen LogP contribution in [0.2, 0.25) is 0 Å². The van der Waals surface area contributed by atoms with Gasteiger partial charge in [-0.1, -0.05) is 32.9 Å². The van der Waals surface area contributed by atoms with Crippen molar-refractivity contribution in [3.8, 4) is 0 Å². The summed E-state index contributed by atoms with van der Waals surface area (Å²) in [5.74, 6) is -1.59. The Balaban J connectivity index is 1.77. The molecule has 2 heterocycles. The Bertz CT molecular complexity index is 1190. The van der Waals surface area contributed by atoms with E-state index in [1.807, 2.05) is 0 Å². The van der Waals surface area contributed by atoms with Crippen LogP contribution in [0.5, 0.6) is 0 Å². The van der Waals surface area contributed by atoms with Crippen LogP contribution in [-0.2, 0) is 31.3 Å². The molecule has 2 aromatic rings. The van der Waals surface area contributed by atoms with Gasteiger partial charge in [0.05, 0.1) is 24.5 Å². The molecule has 1 N–H and O–H groups in total. The van der Waals surface area contributed by atoms with E-state index in [0.717, 1.165) is 0 Å². The van der Waals surface area contributed by atoms with Gasteiger partial charge in [0.25, 0.3) is 5.91 Å². The van der Waals surface area contributed by atoms with Crippen molar-refractivity contribution in [2.24, 2.45) is 12.5 Å². The van der Waals surface area contributed by atoms with Gasteiger partial charge in [-0.15, -0.1) is 0 Å². The highest BCUT2D eigenvalue weighted by atomic mass is 32.2. The Morgan fingerprint density at radius 2 is 1.76 bits per heavy atom. The highest BCUT2D eigenvalue weighted by Crippen LogP contribution is 2.22. The summed E-state index contributed by atoms with van der Waals surface area (Å²) in [6.07, 6.45) is 1.37. The van der Waals surface area contributed by atoms with E-state index in [4.69, 9.17) is 9.47 Å². The Morgan fingerprint density at radius 1 is 1.12 bits per heavy atom. The molecule has 3 rings (SSSR count). The third kappa shape index (κ3) is 5.72. The molecule has 0 spiro atoms. The zero-order valence-electron chi connectivity index (χ0n) is 19.7. The summed E-state index contributed by atoms with van der Waals surface area (Å²) in [7, 11) is -2.21. The Kier molecular flexibility index (Phi) is 7.59. The number of sulfonamides is 1.